The average molecular weight is 338 g/mol. The lowest BCUT2D eigenvalue weighted by atomic mass is 10.2. The van der Waals surface area contributed by atoms with E-state index in [0.717, 1.165) is 43.4 Å². The lowest BCUT2D eigenvalue weighted by molar-refractivity contribution is 0.216. The van der Waals surface area contributed by atoms with Crippen molar-refractivity contribution in [1.29, 1.82) is 0 Å². The zero-order valence-electron chi connectivity index (χ0n) is 14.2. The van der Waals surface area contributed by atoms with E-state index in [1.54, 1.807) is 11.3 Å². The minimum absolute atomic E-state index is 1.01. The van der Waals surface area contributed by atoms with Crippen LogP contribution in [0.1, 0.15) is 10.4 Å². The molecule has 2 aliphatic rings. The molecule has 2 aromatic rings. The third-order valence-electron chi connectivity index (χ3n) is 4.65. The summed E-state index contributed by atoms with van der Waals surface area (Å²) >= 11 is 1.80. The Labute approximate surface area is 147 Å². The second-order valence-corrected chi connectivity index (χ2v) is 7.58. The highest BCUT2D eigenvalue weighted by atomic mass is 32.1. The Balaban J connectivity index is 1.88. The molecule has 1 saturated heterocycles. The quantitative estimate of drug-likeness (QED) is 0.785. The number of nitrogens with zero attached hydrogens (tertiary/aromatic N) is 4. The van der Waals surface area contributed by atoms with Crippen LogP contribution >= 0.6 is 11.3 Å². The highest BCUT2D eigenvalue weighted by molar-refractivity contribution is 7.16. The number of likely N-dealkylation sites (N-methyl/N-ethyl adjacent to an activating group) is 1. The van der Waals surface area contributed by atoms with Crippen LogP contribution in [0.3, 0.4) is 0 Å². The summed E-state index contributed by atoms with van der Waals surface area (Å²) in [6.07, 6.45) is 1.90. The lowest BCUT2D eigenvalue weighted by Crippen LogP contribution is -2.47. The van der Waals surface area contributed by atoms with Crippen molar-refractivity contribution in [2.24, 2.45) is 4.99 Å². The largest absolute Gasteiger partial charge is 0.353 e. The SMILES string of the molecule is C=CN1c2ccccc2N=C(N2CCN(C)CC2)c2cc(C)sc21. The Morgan fingerprint density at radius 3 is 2.67 bits per heavy atom. The van der Waals surface area contributed by atoms with Gasteiger partial charge >= 0.3 is 0 Å². The standard InChI is InChI=1S/C19H22N4S/c1-4-23-17-8-6-5-7-16(17)20-18(15-13-14(2)24-19(15)23)22-11-9-21(3)10-12-22/h4-8,13H,1,9-12H2,2-3H3. The van der Waals surface area contributed by atoms with Gasteiger partial charge in [0.2, 0.25) is 0 Å². The minimum atomic E-state index is 1.01. The van der Waals surface area contributed by atoms with Gasteiger partial charge in [-0.1, -0.05) is 18.7 Å². The van der Waals surface area contributed by atoms with Crippen molar-refractivity contribution in [3.63, 3.8) is 0 Å². The van der Waals surface area contributed by atoms with E-state index in [-0.39, 0.29) is 0 Å². The van der Waals surface area contributed by atoms with E-state index < -0.39 is 0 Å². The first-order valence-corrected chi connectivity index (χ1v) is 9.13. The molecule has 0 bridgehead atoms. The van der Waals surface area contributed by atoms with Crippen molar-refractivity contribution in [2.75, 3.05) is 38.1 Å². The Kier molecular flexibility index (Phi) is 3.90. The Bertz CT molecular complexity index is 799. The number of benzene rings is 1. The summed E-state index contributed by atoms with van der Waals surface area (Å²) in [6.45, 7) is 10.4. The van der Waals surface area contributed by atoms with Gasteiger partial charge in [-0.05, 0) is 32.2 Å². The number of aliphatic imine (C=N–C) groups is 1. The number of fused-ring (bicyclic) bond motifs is 2. The molecule has 0 atom stereocenters. The molecule has 1 fully saturated rings. The molecular formula is C19H22N4S. The summed E-state index contributed by atoms with van der Waals surface area (Å²) in [5.41, 5.74) is 3.32. The fourth-order valence-electron chi connectivity index (χ4n) is 3.33. The molecule has 5 heteroatoms. The summed E-state index contributed by atoms with van der Waals surface area (Å²) in [5, 5.41) is 1.21. The maximum Gasteiger partial charge on any atom is 0.139 e. The molecule has 4 nitrogen and oxygen atoms in total. The molecule has 0 aliphatic carbocycles. The van der Waals surface area contributed by atoms with Gasteiger partial charge in [-0.15, -0.1) is 11.3 Å². The summed E-state index contributed by atoms with van der Waals surface area (Å²) < 4.78 is 0. The van der Waals surface area contributed by atoms with E-state index in [4.69, 9.17) is 4.99 Å². The van der Waals surface area contributed by atoms with Gasteiger partial charge in [-0.3, -0.25) is 0 Å². The lowest BCUT2D eigenvalue weighted by Gasteiger charge is -2.34. The number of anilines is 2. The summed E-state index contributed by atoms with van der Waals surface area (Å²) in [7, 11) is 2.18. The molecule has 0 amide bonds. The fraction of sp³-hybridized carbons (Fsp3) is 0.316. The van der Waals surface area contributed by atoms with Crippen molar-refractivity contribution in [1.82, 2.24) is 9.80 Å². The first kappa shape index (κ1) is 15.4. The molecule has 3 heterocycles. The molecule has 0 unspecified atom stereocenters. The summed E-state index contributed by atoms with van der Waals surface area (Å²) in [6, 6.07) is 10.6. The van der Waals surface area contributed by atoms with Crippen LogP contribution in [0.15, 0.2) is 48.1 Å². The Morgan fingerprint density at radius 1 is 1.17 bits per heavy atom. The molecule has 0 spiro atoms. The molecule has 0 radical (unpaired) electrons. The van der Waals surface area contributed by atoms with E-state index in [9.17, 15) is 0 Å². The van der Waals surface area contributed by atoms with Crippen LogP contribution in [0.25, 0.3) is 0 Å². The van der Waals surface area contributed by atoms with Gasteiger partial charge in [0.1, 0.15) is 10.8 Å². The maximum absolute atomic E-state index is 5.08. The molecule has 1 aromatic carbocycles. The fourth-order valence-corrected chi connectivity index (χ4v) is 4.34. The van der Waals surface area contributed by atoms with Crippen molar-refractivity contribution in [2.45, 2.75) is 6.92 Å². The first-order chi connectivity index (χ1) is 11.7. The predicted octanol–water partition coefficient (Wildman–Crippen LogP) is 3.98. The molecule has 1 aromatic heterocycles. The number of hydrogen-bond acceptors (Lipinski definition) is 5. The smallest absolute Gasteiger partial charge is 0.139 e. The topological polar surface area (TPSA) is 22.1 Å². The summed E-state index contributed by atoms with van der Waals surface area (Å²) in [4.78, 5) is 13.4. The van der Waals surface area contributed by atoms with Crippen molar-refractivity contribution in [3.05, 3.63) is 53.6 Å². The number of thiophene rings is 1. The maximum atomic E-state index is 5.08. The predicted molar refractivity (Wildman–Crippen MR) is 103 cm³/mol. The van der Waals surface area contributed by atoms with Crippen LogP contribution in [0, 0.1) is 6.92 Å². The summed E-state index contributed by atoms with van der Waals surface area (Å²) in [5.74, 6) is 1.10. The van der Waals surface area contributed by atoms with Crippen molar-refractivity contribution in [3.8, 4) is 0 Å². The van der Waals surface area contributed by atoms with Crippen LogP contribution in [-0.2, 0) is 0 Å². The first-order valence-electron chi connectivity index (χ1n) is 8.31. The highest BCUT2D eigenvalue weighted by Gasteiger charge is 2.28. The van der Waals surface area contributed by atoms with Crippen molar-refractivity contribution >= 4 is 33.5 Å². The van der Waals surface area contributed by atoms with E-state index in [2.05, 4.69) is 65.6 Å². The molecule has 4 rings (SSSR count). The van der Waals surface area contributed by atoms with Gasteiger partial charge in [-0.25, -0.2) is 4.99 Å². The Hall–Kier alpha value is -2.11. The molecule has 24 heavy (non-hydrogen) atoms. The van der Waals surface area contributed by atoms with Gasteiger partial charge in [0.25, 0.3) is 0 Å². The monoisotopic (exact) mass is 338 g/mol. The van der Waals surface area contributed by atoms with Crippen LogP contribution in [0.4, 0.5) is 16.4 Å². The third-order valence-corrected chi connectivity index (χ3v) is 5.70. The van der Waals surface area contributed by atoms with Gasteiger partial charge < -0.3 is 14.7 Å². The zero-order chi connectivity index (χ0) is 16.7. The number of rotatable bonds is 1. The van der Waals surface area contributed by atoms with E-state index in [1.165, 1.54) is 15.4 Å². The molecule has 0 saturated carbocycles. The normalized spacial score (nSPS) is 17.8. The molecule has 0 N–H and O–H groups in total. The molecule has 2 aliphatic heterocycles. The second-order valence-electron chi connectivity index (χ2n) is 6.34. The van der Waals surface area contributed by atoms with Crippen LogP contribution in [0.2, 0.25) is 0 Å². The third kappa shape index (κ3) is 2.54. The Morgan fingerprint density at radius 2 is 1.92 bits per heavy atom. The van der Waals surface area contributed by atoms with E-state index >= 15 is 0 Å². The van der Waals surface area contributed by atoms with E-state index in [0.29, 0.717) is 0 Å². The number of aryl methyl sites for hydroxylation is 1. The zero-order valence-corrected chi connectivity index (χ0v) is 15.0. The van der Waals surface area contributed by atoms with Gasteiger partial charge in [-0.2, -0.15) is 0 Å². The number of para-hydroxylation sites is 2. The van der Waals surface area contributed by atoms with Crippen LogP contribution in [-0.4, -0.2) is 48.9 Å². The van der Waals surface area contributed by atoms with Gasteiger partial charge in [0.05, 0.1) is 16.9 Å². The van der Waals surface area contributed by atoms with Crippen LogP contribution < -0.4 is 4.90 Å². The number of hydrogen-bond donors (Lipinski definition) is 0. The second kappa shape index (κ2) is 6.07. The average Bonchev–Trinajstić information content (AvgIpc) is 2.91. The van der Waals surface area contributed by atoms with E-state index in [1.807, 2.05) is 6.20 Å². The number of piperazine rings is 1. The van der Waals surface area contributed by atoms with Gasteiger partial charge in [0, 0.05) is 37.3 Å². The van der Waals surface area contributed by atoms with Crippen molar-refractivity contribution < 1.29 is 0 Å². The molecule has 124 valence electrons. The molecular weight excluding hydrogens is 316 g/mol. The number of amidine groups is 1. The highest BCUT2D eigenvalue weighted by Crippen LogP contribution is 2.44. The van der Waals surface area contributed by atoms with Crippen LogP contribution in [0.5, 0.6) is 0 Å². The minimum Gasteiger partial charge on any atom is -0.353 e. The van der Waals surface area contributed by atoms with Gasteiger partial charge in [0.15, 0.2) is 0 Å².